The lowest BCUT2D eigenvalue weighted by Gasteiger charge is -2.35. The predicted octanol–water partition coefficient (Wildman–Crippen LogP) is 4.93. The number of ether oxygens (including phenoxy) is 5. The molecule has 3 rings (SSSR count). The number of nitrogens with one attached hydrogen (secondary N) is 1. The van der Waals surface area contributed by atoms with Gasteiger partial charge in [-0.1, -0.05) is 12.2 Å². The summed E-state index contributed by atoms with van der Waals surface area (Å²) < 4.78 is 26.7. The number of allylic oxidation sites excluding steroid dienone is 3. The van der Waals surface area contributed by atoms with E-state index in [1.165, 1.54) is 38.6 Å². The fourth-order valence-corrected chi connectivity index (χ4v) is 4.26. The quantitative estimate of drug-likeness (QED) is 0.278. The average Bonchev–Trinajstić information content (AvgIpc) is 2.90. The zero-order valence-corrected chi connectivity index (χ0v) is 22.3. The number of phenols is 1. The largest absolute Gasteiger partial charge is 0.504 e. The van der Waals surface area contributed by atoms with Crippen molar-refractivity contribution in [2.75, 3.05) is 35.5 Å². The normalized spacial score (nSPS) is 17.4. The topological polar surface area (TPSA) is 116 Å². The first-order valence-electron chi connectivity index (χ1n) is 11.7. The molecule has 38 heavy (non-hydrogen) atoms. The van der Waals surface area contributed by atoms with Gasteiger partial charge in [0.05, 0.1) is 41.1 Å². The summed E-state index contributed by atoms with van der Waals surface area (Å²) in [5, 5.41) is 23.8. The van der Waals surface area contributed by atoms with Crippen LogP contribution in [0.3, 0.4) is 0 Å². The molecule has 1 unspecified atom stereocenters. The van der Waals surface area contributed by atoms with Crippen molar-refractivity contribution >= 4 is 11.9 Å². The van der Waals surface area contributed by atoms with Crippen molar-refractivity contribution in [3.8, 4) is 28.7 Å². The van der Waals surface area contributed by atoms with Crippen LogP contribution in [0.4, 0.5) is 0 Å². The first-order chi connectivity index (χ1) is 18.2. The molecule has 0 bridgehead atoms. The molecule has 1 aliphatic carbocycles. The maximum atomic E-state index is 12.6. The Hall–Kier alpha value is -4.53. The summed E-state index contributed by atoms with van der Waals surface area (Å²) in [4.78, 5) is 12.6. The molecule has 0 aromatic heterocycles. The van der Waals surface area contributed by atoms with Crippen LogP contribution in [0.25, 0.3) is 6.08 Å². The molecule has 0 amide bonds. The summed E-state index contributed by atoms with van der Waals surface area (Å²) in [6.45, 7) is 1.86. The third kappa shape index (κ3) is 6.05. The number of aliphatic hydroxyl groups is 1. The van der Waals surface area contributed by atoms with E-state index in [1.807, 2.05) is 31.2 Å². The minimum atomic E-state index is -0.846. The van der Waals surface area contributed by atoms with Crippen LogP contribution >= 0.6 is 0 Å². The standard InChI is InChI=1S/C29H33NO8/c1-29(30-12-11-21(31)20-9-10-24(34-2)22(32)16-20)17-19(13-23(33)28(29)38-6)8-7-18-14-25(35-3)27(37-5)26(15-18)36-4/h7-16,30,32-33H,17H2,1-6H3/b8-7-,12-11-. The van der Waals surface area contributed by atoms with E-state index in [0.717, 1.165) is 11.1 Å². The van der Waals surface area contributed by atoms with E-state index in [9.17, 15) is 15.0 Å². The van der Waals surface area contributed by atoms with Crippen LogP contribution in [0.15, 0.2) is 71.9 Å². The van der Waals surface area contributed by atoms with Crippen LogP contribution in [-0.4, -0.2) is 57.1 Å². The monoisotopic (exact) mass is 523 g/mol. The molecule has 202 valence electrons. The number of phenolic OH excluding ortho intramolecular Hbond substituents is 1. The molecule has 3 N–H and O–H groups in total. The highest BCUT2D eigenvalue weighted by Crippen LogP contribution is 2.39. The van der Waals surface area contributed by atoms with Gasteiger partial charge in [-0.15, -0.1) is 0 Å². The van der Waals surface area contributed by atoms with Gasteiger partial charge < -0.3 is 39.2 Å². The van der Waals surface area contributed by atoms with Gasteiger partial charge in [0.25, 0.3) is 0 Å². The second-order valence-corrected chi connectivity index (χ2v) is 8.67. The van der Waals surface area contributed by atoms with Crippen LogP contribution in [0, 0.1) is 0 Å². The Morgan fingerprint density at radius 1 is 0.895 bits per heavy atom. The second kappa shape index (κ2) is 12.1. The summed E-state index contributed by atoms with van der Waals surface area (Å²) in [6.07, 6.45) is 8.67. The highest BCUT2D eigenvalue weighted by Gasteiger charge is 2.35. The van der Waals surface area contributed by atoms with Crippen molar-refractivity contribution in [3.63, 3.8) is 0 Å². The van der Waals surface area contributed by atoms with Crippen LogP contribution in [0.1, 0.15) is 29.3 Å². The minimum Gasteiger partial charge on any atom is -0.504 e. The fraction of sp³-hybridized carbons (Fsp3) is 0.276. The van der Waals surface area contributed by atoms with Gasteiger partial charge in [-0.2, -0.15) is 0 Å². The lowest BCUT2D eigenvalue weighted by atomic mass is 9.85. The molecule has 2 aromatic carbocycles. The number of carbonyl (C=O) groups is 1. The third-order valence-electron chi connectivity index (χ3n) is 6.09. The van der Waals surface area contributed by atoms with E-state index in [-0.39, 0.29) is 23.0 Å². The molecule has 1 aliphatic rings. The summed E-state index contributed by atoms with van der Waals surface area (Å²) in [5.74, 6) is 1.70. The van der Waals surface area contributed by atoms with Gasteiger partial charge in [0.1, 0.15) is 0 Å². The van der Waals surface area contributed by atoms with Gasteiger partial charge >= 0.3 is 0 Å². The van der Waals surface area contributed by atoms with Crippen LogP contribution in [0.5, 0.6) is 28.7 Å². The predicted molar refractivity (Wildman–Crippen MR) is 144 cm³/mol. The Bertz CT molecular complexity index is 1280. The fourth-order valence-electron chi connectivity index (χ4n) is 4.26. The van der Waals surface area contributed by atoms with E-state index >= 15 is 0 Å². The van der Waals surface area contributed by atoms with Gasteiger partial charge in [-0.25, -0.2) is 0 Å². The molecule has 2 aromatic rings. The Balaban J connectivity index is 1.81. The van der Waals surface area contributed by atoms with Crippen molar-refractivity contribution in [2.24, 2.45) is 0 Å². The zero-order chi connectivity index (χ0) is 27.9. The molecule has 0 aliphatic heterocycles. The third-order valence-corrected chi connectivity index (χ3v) is 6.09. The molecule has 0 saturated heterocycles. The molecule has 0 heterocycles. The summed E-state index contributed by atoms with van der Waals surface area (Å²) in [7, 11) is 7.56. The molecule has 0 fully saturated rings. The first-order valence-corrected chi connectivity index (χ1v) is 11.7. The molecule has 0 spiro atoms. The molecule has 0 radical (unpaired) electrons. The molecular weight excluding hydrogens is 490 g/mol. The minimum absolute atomic E-state index is 0.0295. The number of aromatic hydroxyl groups is 1. The molecule has 1 atom stereocenters. The summed E-state index contributed by atoms with van der Waals surface area (Å²) >= 11 is 0. The van der Waals surface area contributed by atoms with E-state index in [0.29, 0.717) is 35.0 Å². The number of benzene rings is 2. The van der Waals surface area contributed by atoms with Gasteiger partial charge in [0.2, 0.25) is 5.75 Å². The molecule has 9 heteroatoms. The Morgan fingerprint density at radius 2 is 1.55 bits per heavy atom. The molecular formula is C29H33NO8. The van der Waals surface area contributed by atoms with Crippen molar-refractivity contribution in [1.29, 1.82) is 0 Å². The number of hydrogen-bond donors (Lipinski definition) is 3. The Morgan fingerprint density at radius 3 is 2.11 bits per heavy atom. The van der Waals surface area contributed by atoms with Gasteiger partial charge in [-0.3, -0.25) is 4.79 Å². The maximum Gasteiger partial charge on any atom is 0.203 e. The number of aliphatic hydroxyl groups excluding tert-OH is 1. The van der Waals surface area contributed by atoms with Crippen LogP contribution in [-0.2, 0) is 4.74 Å². The number of ketones is 1. The van der Waals surface area contributed by atoms with Crippen molar-refractivity contribution in [3.05, 3.63) is 83.0 Å². The highest BCUT2D eigenvalue weighted by atomic mass is 16.5. The van der Waals surface area contributed by atoms with Crippen molar-refractivity contribution in [1.82, 2.24) is 5.32 Å². The number of hydrogen-bond acceptors (Lipinski definition) is 9. The highest BCUT2D eigenvalue weighted by molar-refractivity contribution is 6.04. The second-order valence-electron chi connectivity index (χ2n) is 8.67. The molecule has 9 nitrogen and oxygen atoms in total. The van der Waals surface area contributed by atoms with Gasteiger partial charge in [0.15, 0.2) is 40.3 Å². The van der Waals surface area contributed by atoms with E-state index in [2.05, 4.69) is 5.32 Å². The summed E-state index contributed by atoms with van der Waals surface area (Å²) in [6, 6.07) is 8.07. The smallest absolute Gasteiger partial charge is 0.203 e. The van der Waals surface area contributed by atoms with Crippen LogP contribution in [0.2, 0.25) is 0 Å². The number of carbonyl (C=O) groups excluding carboxylic acids is 1. The van der Waals surface area contributed by atoms with Crippen molar-refractivity contribution in [2.45, 2.75) is 18.9 Å². The Kier molecular flexibility index (Phi) is 8.96. The number of methoxy groups -OCH3 is 5. The van der Waals surface area contributed by atoms with Gasteiger partial charge in [-0.05, 0) is 54.5 Å². The maximum absolute atomic E-state index is 12.6. The SMILES string of the molecule is COC1=C(O)C=C(/C=C\c2cc(OC)c(OC)c(OC)c2)CC1(C)N/C=C\C(=O)c1ccc(OC)c(O)c1. The lowest BCUT2D eigenvalue weighted by molar-refractivity contribution is 0.104. The van der Waals surface area contributed by atoms with Crippen molar-refractivity contribution < 1.29 is 38.7 Å². The number of rotatable bonds is 11. The van der Waals surface area contributed by atoms with Gasteiger partial charge in [0, 0.05) is 24.3 Å². The molecule has 0 saturated carbocycles. The average molecular weight is 524 g/mol. The van der Waals surface area contributed by atoms with E-state index < -0.39 is 5.54 Å². The Labute approximate surface area is 222 Å². The first kappa shape index (κ1) is 28.0. The van der Waals surface area contributed by atoms with E-state index in [1.54, 1.807) is 33.5 Å². The lowest BCUT2D eigenvalue weighted by Crippen LogP contribution is -2.44. The van der Waals surface area contributed by atoms with Crippen LogP contribution < -0.4 is 24.3 Å². The zero-order valence-electron chi connectivity index (χ0n) is 22.3. The summed E-state index contributed by atoms with van der Waals surface area (Å²) in [5.41, 5.74) is 1.08. The van der Waals surface area contributed by atoms with E-state index in [4.69, 9.17) is 23.7 Å².